The fourth-order valence-electron chi connectivity index (χ4n) is 5.36. The molecule has 3 aromatic rings. The molecule has 0 unspecified atom stereocenters. The molecule has 0 radical (unpaired) electrons. The summed E-state index contributed by atoms with van der Waals surface area (Å²) in [6.45, 7) is 13.1. The second-order valence-corrected chi connectivity index (χ2v) is 9.72. The van der Waals surface area contributed by atoms with Crippen LogP contribution in [-0.2, 0) is 40.4 Å². The predicted octanol–water partition coefficient (Wildman–Crippen LogP) is 1.36. The molecule has 1 fully saturated rings. The molecule has 214 valence electrons. The lowest BCUT2D eigenvalue weighted by Crippen LogP contribution is -2.38. The van der Waals surface area contributed by atoms with E-state index in [9.17, 15) is 4.79 Å². The number of aryl methyl sites for hydroxylation is 2. The molecule has 0 spiro atoms. The Morgan fingerprint density at radius 3 is 2.44 bits per heavy atom. The van der Waals surface area contributed by atoms with Crippen LogP contribution >= 0.6 is 0 Å². The number of hydrogen-bond acceptors (Lipinski definition) is 7. The molecule has 11 nitrogen and oxygen atoms in total. The largest absolute Gasteiger partial charge is 0.383 e. The van der Waals surface area contributed by atoms with Crippen LogP contribution in [0.2, 0.25) is 0 Å². The summed E-state index contributed by atoms with van der Waals surface area (Å²) in [5, 5.41) is 4.64. The average Bonchev–Trinajstić information content (AvgIpc) is 3.57. The summed E-state index contributed by atoms with van der Waals surface area (Å²) in [5.41, 5.74) is 10.7. The Morgan fingerprint density at radius 2 is 1.82 bits per heavy atom. The highest BCUT2D eigenvalue weighted by Crippen LogP contribution is 2.29. The van der Waals surface area contributed by atoms with E-state index in [0.29, 0.717) is 45.0 Å². The Morgan fingerprint density at radius 1 is 1.10 bits per heavy atom. The van der Waals surface area contributed by atoms with Crippen LogP contribution < -0.4 is 10.3 Å². The molecule has 1 aliphatic rings. The molecule has 39 heavy (non-hydrogen) atoms. The van der Waals surface area contributed by atoms with Gasteiger partial charge in [-0.05, 0) is 31.5 Å². The zero-order valence-electron chi connectivity index (χ0n) is 23.9. The highest BCUT2D eigenvalue weighted by atomic mass is 16.5. The number of hydrogen-bond donors (Lipinski definition) is 1. The fourth-order valence-corrected chi connectivity index (χ4v) is 5.36. The monoisotopic (exact) mass is 542 g/mol. The summed E-state index contributed by atoms with van der Waals surface area (Å²) < 4.78 is 22.5. The van der Waals surface area contributed by atoms with Gasteiger partial charge in [0.05, 0.1) is 64.4 Å². The normalized spacial score (nSPS) is 14.4. The second kappa shape index (κ2) is 14.0. The number of amides is 1. The number of nitrogens with two attached hydrogens (primary N) is 1. The number of benzene rings is 1. The minimum atomic E-state index is -0.0466. The molecule has 2 aromatic heterocycles. The molecule has 4 rings (SSSR count). The first-order valence-electron chi connectivity index (χ1n) is 13.9. The summed E-state index contributed by atoms with van der Waals surface area (Å²) in [6.07, 6.45) is 3.96. The van der Waals surface area contributed by atoms with Gasteiger partial charge in [-0.3, -0.25) is 14.4 Å². The fraction of sp³-hybridized carbons (Fsp3) is 0.607. The van der Waals surface area contributed by atoms with E-state index in [1.54, 1.807) is 14.2 Å². The van der Waals surface area contributed by atoms with Gasteiger partial charge in [0.2, 0.25) is 0 Å². The number of aromatic nitrogens is 4. The molecule has 3 heterocycles. The van der Waals surface area contributed by atoms with Crippen molar-refractivity contribution in [1.82, 2.24) is 24.1 Å². The molecule has 0 saturated carbocycles. The van der Waals surface area contributed by atoms with E-state index in [1.165, 1.54) is 0 Å². The van der Waals surface area contributed by atoms with Crippen LogP contribution in [0.15, 0.2) is 24.5 Å². The molecule has 1 amide bonds. The van der Waals surface area contributed by atoms with Crippen molar-refractivity contribution in [1.29, 1.82) is 0 Å². The van der Waals surface area contributed by atoms with Crippen LogP contribution in [0, 0.1) is 0 Å². The van der Waals surface area contributed by atoms with Gasteiger partial charge in [0.1, 0.15) is 0 Å². The number of carbonyl (C=O) groups excluding carboxylic acids is 1. The molecule has 1 aliphatic heterocycles. The molecule has 0 atom stereocenters. The Balaban J connectivity index is 1.76. The van der Waals surface area contributed by atoms with Crippen LogP contribution in [-0.4, -0.2) is 103 Å². The van der Waals surface area contributed by atoms with E-state index in [0.717, 1.165) is 73.9 Å². The van der Waals surface area contributed by atoms with Crippen LogP contribution in [0.5, 0.6) is 0 Å². The quantitative estimate of drug-likeness (QED) is 0.307. The molecular formula is C28H44N7O4+. The average molecular weight is 543 g/mol. The molecule has 1 aromatic carbocycles. The lowest BCUT2D eigenvalue weighted by molar-refractivity contribution is -0.676. The first-order chi connectivity index (χ1) is 19.1. The van der Waals surface area contributed by atoms with Gasteiger partial charge >= 0.3 is 0 Å². The van der Waals surface area contributed by atoms with Crippen LogP contribution in [0.3, 0.4) is 0 Å². The van der Waals surface area contributed by atoms with Crippen molar-refractivity contribution in [2.45, 2.75) is 40.0 Å². The maximum Gasteiger partial charge on any atom is 0.271 e. The third kappa shape index (κ3) is 6.50. The Labute approximate surface area is 231 Å². The van der Waals surface area contributed by atoms with Crippen molar-refractivity contribution >= 4 is 16.9 Å². The Hall–Kier alpha value is -2.83. The summed E-state index contributed by atoms with van der Waals surface area (Å²) in [4.78, 5) is 18.3. The maximum absolute atomic E-state index is 14.1. The third-order valence-electron chi connectivity index (χ3n) is 7.45. The number of imidazole rings is 1. The molecular weight excluding hydrogens is 498 g/mol. The first-order valence-corrected chi connectivity index (χ1v) is 13.9. The SMILES string of the molecule is CCn1c(CN)[n+](CC)c2cc(-c3cnn(CCN4CCOCC4)c3)cc(C(=O)N(CCOC)CCOC)c21. The second-order valence-electron chi connectivity index (χ2n) is 9.72. The van der Waals surface area contributed by atoms with Gasteiger partial charge in [0, 0.05) is 58.7 Å². The van der Waals surface area contributed by atoms with Gasteiger partial charge in [-0.15, -0.1) is 0 Å². The number of rotatable bonds is 14. The Bertz CT molecular complexity index is 1220. The maximum atomic E-state index is 14.1. The third-order valence-corrected chi connectivity index (χ3v) is 7.45. The van der Waals surface area contributed by atoms with E-state index < -0.39 is 0 Å². The van der Waals surface area contributed by atoms with Crippen LogP contribution in [0.1, 0.15) is 30.0 Å². The summed E-state index contributed by atoms with van der Waals surface area (Å²) in [7, 11) is 3.29. The predicted molar refractivity (Wildman–Crippen MR) is 150 cm³/mol. The van der Waals surface area contributed by atoms with E-state index in [2.05, 4.69) is 45.2 Å². The van der Waals surface area contributed by atoms with Gasteiger partial charge in [0.15, 0.2) is 11.0 Å². The van der Waals surface area contributed by atoms with E-state index in [-0.39, 0.29) is 5.91 Å². The topological polar surface area (TPSA) is 104 Å². The zero-order valence-corrected chi connectivity index (χ0v) is 23.9. The van der Waals surface area contributed by atoms with Crippen LogP contribution in [0.4, 0.5) is 0 Å². The number of morpholine rings is 1. The van der Waals surface area contributed by atoms with Gasteiger partial charge in [-0.1, -0.05) is 0 Å². The molecule has 2 N–H and O–H groups in total. The van der Waals surface area contributed by atoms with Gasteiger partial charge in [0.25, 0.3) is 11.7 Å². The summed E-state index contributed by atoms with van der Waals surface area (Å²) >= 11 is 0. The van der Waals surface area contributed by atoms with Gasteiger partial charge < -0.3 is 24.8 Å². The highest BCUT2D eigenvalue weighted by molar-refractivity contribution is 6.06. The first kappa shape index (κ1) is 29.2. The number of nitrogens with zero attached hydrogens (tertiary/aromatic N) is 6. The smallest absolute Gasteiger partial charge is 0.271 e. The Kier molecular flexibility index (Phi) is 10.5. The molecule has 1 saturated heterocycles. The molecule has 0 bridgehead atoms. The van der Waals surface area contributed by atoms with Gasteiger partial charge in [-0.2, -0.15) is 5.10 Å². The molecule has 0 aliphatic carbocycles. The lowest BCUT2D eigenvalue weighted by Gasteiger charge is -2.26. The van der Waals surface area contributed by atoms with E-state index >= 15 is 0 Å². The van der Waals surface area contributed by atoms with Crippen molar-refractivity contribution in [3.63, 3.8) is 0 Å². The summed E-state index contributed by atoms with van der Waals surface area (Å²) in [6, 6.07) is 4.17. The number of methoxy groups -OCH3 is 2. The minimum absolute atomic E-state index is 0.0466. The number of ether oxygens (including phenoxy) is 3. The van der Waals surface area contributed by atoms with Crippen molar-refractivity contribution in [2.24, 2.45) is 5.73 Å². The van der Waals surface area contributed by atoms with Crippen LogP contribution in [0.25, 0.3) is 22.2 Å². The lowest BCUT2D eigenvalue weighted by atomic mass is 10.0. The van der Waals surface area contributed by atoms with Gasteiger partial charge in [-0.25, -0.2) is 9.13 Å². The standard InChI is InChI=1S/C28H44N7O4/c1-5-34-25-18-22(23-20-30-33(21-23)8-7-31-9-15-39-16-10-31)17-24(27(25)35(6-2)26(34)19-29)28(36)32(11-13-37-3)12-14-38-4/h17-18,20-21H,5-16,19,29H2,1-4H3/q+1. The van der Waals surface area contributed by atoms with Crippen molar-refractivity contribution in [3.05, 3.63) is 35.9 Å². The van der Waals surface area contributed by atoms with E-state index in [4.69, 9.17) is 19.9 Å². The van der Waals surface area contributed by atoms with Crippen molar-refractivity contribution in [2.75, 3.05) is 73.4 Å². The summed E-state index contributed by atoms with van der Waals surface area (Å²) in [5.74, 6) is 0.956. The molecule has 11 heteroatoms. The van der Waals surface area contributed by atoms with Crippen molar-refractivity contribution in [3.8, 4) is 11.1 Å². The highest BCUT2D eigenvalue weighted by Gasteiger charge is 2.30. The number of carbonyl (C=O) groups is 1. The minimum Gasteiger partial charge on any atom is -0.383 e. The zero-order chi connectivity index (χ0) is 27.8. The van der Waals surface area contributed by atoms with Crippen molar-refractivity contribution < 1.29 is 23.6 Å². The van der Waals surface area contributed by atoms with E-state index in [1.807, 2.05) is 21.8 Å². The number of fused-ring (bicyclic) bond motifs is 1.